The van der Waals surface area contributed by atoms with Crippen LogP contribution in [0.2, 0.25) is 0 Å². The maximum absolute atomic E-state index is 11.7. The van der Waals surface area contributed by atoms with Gasteiger partial charge in [0.2, 0.25) is 17.8 Å². The molecular formula is C14H13NO4S. The van der Waals surface area contributed by atoms with Gasteiger partial charge in [-0.05, 0) is 30.2 Å². The van der Waals surface area contributed by atoms with Crippen molar-refractivity contribution in [1.29, 1.82) is 0 Å². The molecule has 0 spiro atoms. The Labute approximate surface area is 120 Å². The van der Waals surface area contributed by atoms with E-state index in [9.17, 15) is 9.59 Å². The number of carbonyl (C=O) groups excluding carboxylic acids is 2. The average molecular weight is 291 g/mol. The molecule has 0 aromatic heterocycles. The fourth-order valence-corrected chi connectivity index (χ4v) is 2.97. The third-order valence-electron chi connectivity index (χ3n) is 3.08. The molecule has 0 saturated carbocycles. The van der Waals surface area contributed by atoms with Crippen LogP contribution in [0.1, 0.15) is 12.0 Å². The molecular weight excluding hydrogens is 278 g/mol. The Hall–Kier alpha value is -1.95. The predicted octanol–water partition coefficient (Wildman–Crippen LogP) is 1.58. The zero-order chi connectivity index (χ0) is 13.9. The summed E-state index contributed by atoms with van der Waals surface area (Å²) in [6, 6.07) is 5.10. The molecule has 104 valence electrons. The van der Waals surface area contributed by atoms with Gasteiger partial charge in [-0.15, -0.1) is 0 Å². The zero-order valence-corrected chi connectivity index (χ0v) is 11.4. The lowest BCUT2D eigenvalue weighted by Gasteiger charge is -2.07. The highest BCUT2D eigenvalue weighted by Gasteiger charge is 2.25. The summed E-state index contributed by atoms with van der Waals surface area (Å²) in [5.41, 5.74) is 0.844. The van der Waals surface area contributed by atoms with Crippen molar-refractivity contribution in [2.75, 3.05) is 12.5 Å². The van der Waals surface area contributed by atoms with Crippen molar-refractivity contribution in [2.24, 2.45) is 0 Å². The second kappa shape index (κ2) is 5.58. The van der Waals surface area contributed by atoms with Crippen LogP contribution in [0.25, 0.3) is 6.08 Å². The average Bonchev–Trinajstić information content (AvgIpc) is 3.05. The molecule has 2 heterocycles. The Bertz CT molecular complexity index is 585. The first-order valence-electron chi connectivity index (χ1n) is 6.27. The van der Waals surface area contributed by atoms with Crippen molar-refractivity contribution >= 4 is 28.9 Å². The molecule has 20 heavy (non-hydrogen) atoms. The first-order valence-corrected chi connectivity index (χ1v) is 7.26. The summed E-state index contributed by atoms with van der Waals surface area (Å²) in [4.78, 5) is 23.1. The van der Waals surface area contributed by atoms with Gasteiger partial charge in [-0.25, -0.2) is 0 Å². The Morgan fingerprint density at radius 3 is 3.00 bits per heavy atom. The van der Waals surface area contributed by atoms with Crippen LogP contribution in [-0.2, 0) is 9.59 Å². The molecule has 3 rings (SSSR count). The van der Waals surface area contributed by atoms with Gasteiger partial charge >= 0.3 is 0 Å². The highest BCUT2D eigenvalue weighted by atomic mass is 32.2. The van der Waals surface area contributed by atoms with Crippen molar-refractivity contribution < 1.29 is 19.1 Å². The lowest BCUT2D eigenvalue weighted by Crippen LogP contribution is -2.35. The maximum atomic E-state index is 11.7. The van der Waals surface area contributed by atoms with E-state index in [4.69, 9.17) is 9.47 Å². The topological polar surface area (TPSA) is 64.6 Å². The lowest BCUT2D eigenvalue weighted by molar-refractivity contribution is -0.120. The standard InChI is InChI=1S/C14H13NO4S/c16-13(15-10-5-6-20-14(10)17)4-2-9-1-3-11-12(7-9)19-8-18-11/h1-4,7,10H,5-6,8H2,(H,15,16)/b4-2+/t10-/m1/s1. The van der Waals surface area contributed by atoms with E-state index >= 15 is 0 Å². The van der Waals surface area contributed by atoms with Gasteiger partial charge in [-0.3, -0.25) is 9.59 Å². The van der Waals surface area contributed by atoms with E-state index in [1.807, 2.05) is 12.1 Å². The summed E-state index contributed by atoms with van der Waals surface area (Å²) in [5.74, 6) is 1.90. The summed E-state index contributed by atoms with van der Waals surface area (Å²) in [6.45, 7) is 0.227. The van der Waals surface area contributed by atoms with Crippen LogP contribution in [0.15, 0.2) is 24.3 Å². The molecule has 1 fully saturated rings. The number of carbonyl (C=O) groups is 2. The van der Waals surface area contributed by atoms with E-state index in [1.165, 1.54) is 17.8 Å². The number of hydrogen-bond donors (Lipinski definition) is 1. The Morgan fingerprint density at radius 2 is 2.20 bits per heavy atom. The minimum absolute atomic E-state index is 0.0369. The number of ether oxygens (including phenoxy) is 2. The van der Waals surface area contributed by atoms with Crippen LogP contribution in [-0.4, -0.2) is 29.6 Å². The van der Waals surface area contributed by atoms with E-state index in [0.717, 1.165) is 11.3 Å². The van der Waals surface area contributed by atoms with E-state index < -0.39 is 0 Å². The fraction of sp³-hybridized carbons (Fsp3) is 0.286. The van der Waals surface area contributed by atoms with Gasteiger partial charge in [0.25, 0.3) is 0 Å². The van der Waals surface area contributed by atoms with E-state index in [2.05, 4.69) is 5.32 Å². The van der Waals surface area contributed by atoms with Crippen molar-refractivity contribution in [3.8, 4) is 11.5 Å². The number of hydrogen-bond acceptors (Lipinski definition) is 5. The molecule has 5 nitrogen and oxygen atoms in total. The van der Waals surface area contributed by atoms with E-state index in [1.54, 1.807) is 12.1 Å². The molecule has 1 aromatic rings. The third-order valence-corrected chi connectivity index (χ3v) is 4.08. The summed E-state index contributed by atoms with van der Waals surface area (Å²) < 4.78 is 10.5. The Kier molecular flexibility index (Phi) is 3.64. The van der Waals surface area contributed by atoms with Gasteiger partial charge in [0.1, 0.15) is 0 Å². The minimum atomic E-state index is -0.353. The van der Waals surface area contributed by atoms with Crippen LogP contribution >= 0.6 is 11.8 Å². The molecule has 6 heteroatoms. The van der Waals surface area contributed by atoms with E-state index in [0.29, 0.717) is 17.9 Å². The van der Waals surface area contributed by atoms with Gasteiger partial charge in [-0.1, -0.05) is 17.8 Å². The second-order valence-electron chi connectivity index (χ2n) is 4.46. The van der Waals surface area contributed by atoms with Crippen molar-refractivity contribution in [1.82, 2.24) is 5.32 Å². The zero-order valence-electron chi connectivity index (χ0n) is 10.6. The molecule has 1 aromatic carbocycles. The molecule has 0 aliphatic carbocycles. The fourth-order valence-electron chi connectivity index (χ4n) is 2.04. The van der Waals surface area contributed by atoms with E-state index in [-0.39, 0.29) is 23.9 Å². The third kappa shape index (κ3) is 2.80. The monoisotopic (exact) mass is 291 g/mol. The Balaban J connectivity index is 1.62. The largest absolute Gasteiger partial charge is 0.454 e. The van der Waals surface area contributed by atoms with Crippen molar-refractivity contribution in [2.45, 2.75) is 12.5 Å². The van der Waals surface area contributed by atoms with Gasteiger partial charge in [0.15, 0.2) is 11.5 Å². The molecule has 1 saturated heterocycles. The van der Waals surface area contributed by atoms with Gasteiger partial charge in [-0.2, -0.15) is 0 Å². The number of thioether (sulfide) groups is 1. The molecule has 1 atom stereocenters. The highest BCUT2D eigenvalue weighted by Crippen LogP contribution is 2.32. The van der Waals surface area contributed by atoms with Crippen LogP contribution in [0, 0.1) is 0 Å². The first kappa shape index (κ1) is 13.1. The normalized spacial score (nSPS) is 20.6. The van der Waals surface area contributed by atoms with Crippen molar-refractivity contribution in [3.05, 3.63) is 29.8 Å². The predicted molar refractivity (Wildman–Crippen MR) is 75.6 cm³/mol. The van der Waals surface area contributed by atoms with Crippen LogP contribution in [0.5, 0.6) is 11.5 Å². The summed E-state index contributed by atoms with van der Waals surface area (Å²) in [7, 11) is 0. The highest BCUT2D eigenvalue weighted by molar-refractivity contribution is 8.14. The molecule has 1 N–H and O–H groups in total. The Morgan fingerprint density at radius 1 is 1.35 bits per heavy atom. The van der Waals surface area contributed by atoms with Crippen LogP contribution in [0.4, 0.5) is 0 Å². The molecule has 0 radical (unpaired) electrons. The second-order valence-corrected chi connectivity index (χ2v) is 5.56. The molecule has 2 aliphatic heterocycles. The molecule has 0 unspecified atom stereocenters. The molecule has 0 bridgehead atoms. The minimum Gasteiger partial charge on any atom is -0.454 e. The first-order chi connectivity index (χ1) is 9.72. The smallest absolute Gasteiger partial charge is 0.244 e. The summed E-state index contributed by atoms with van der Waals surface area (Å²) in [5, 5.41) is 2.74. The van der Waals surface area contributed by atoms with Crippen molar-refractivity contribution in [3.63, 3.8) is 0 Å². The number of fused-ring (bicyclic) bond motifs is 1. The lowest BCUT2D eigenvalue weighted by atomic mass is 10.2. The number of benzene rings is 1. The van der Waals surface area contributed by atoms with Crippen LogP contribution in [0.3, 0.4) is 0 Å². The maximum Gasteiger partial charge on any atom is 0.244 e. The molecule has 1 amide bonds. The van der Waals surface area contributed by atoms with Gasteiger partial charge in [0.05, 0.1) is 6.04 Å². The number of rotatable bonds is 3. The summed E-state index contributed by atoms with van der Waals surface area (Å²) in [6.07, 6.45) is 3.81. The quantitative estimate of drug-likeness (QED) is 0.857. The SMILES string of the molecule is O=C(/C=C/c1ccc2c(c1)OCO2)N[C@@H]1CCSC1=O. The summed E-state index contributed by atoms with van der Waals surface area (Å²) >= 11 is 1.27. The number of nitrogens with one attached hydrogen (secondary N) is 1. The van der Waals surface area contributed by atoms with Gasteiger partial charge < -0.3 is 14.8 Å². The molecule has 2 aliphatic rings. The van der Waals surface area contributed by atoms with Crippen LogP contribution < -0.4 is 14.8 Å². The number of amides is 1. The van der Waals surface area contributed by atoms with Gasteiger partial charge in [0, 0.05) is 11.8 Å².